The second kappa shape index (κ2) is 8.15. The third-order valence-electron chi connectivity index (χ3n) is 3.64. The van der Waals surface area contributed by atoms with Crippen molar-refractivity contribution in [3.63, 3.8) is 0 Å². The van der Waals surface area contributed by atoms with Crippen molar-refractivity contribution < 1.29 is 0 Å². The topological polar surface area (TPSA) is 15.3 Å². The molecule has 1 aromatic carbocycles. The number of nitrogens with zero attached hydrogens (tertiary/aromatic N) is 1. The summed E-state index contributed by atoms with van der Waals surface area (Å²) in [6.45, 7) is 13.3. The van der Waals surface area contributed by atoms with Gasteiger partial charge in [0, 0.05) is 18.8 Å². The first-order valence-electron chi connectivity index (χ1n) is 7.25. The van der Waals surface area contributed by atoms with Crippen molar-refractivity contribution in [1.82, 2.24) is 4.90 Å². The molecule has 1 aromatic rings. The Labute approximate surface area is 112 Å². The van der Waals surface area contributed by atoms with Crippen LogP contribution >= 0.6 is 0 Å². The Morgan fingerprint density at radius 3 is 2.39 bits per heavy atom. The largest absolute Gasteiger partial charge is 0.385 e. The predicted molar refractivity (Wildman–Crippen MR) is 81.0 cm³/mol. The summed E-state index contributed by atoms with van der Waals surface area (Å²) in [7, 11) is 0. The molecule has 18 heavy (non-hydrogen) atoms. The lowest BCUT2D eigenvalue weighted by Gasteiger charge is -2.21. The van der Waals surface area contributed by atoms with Gasteiger partial charge in [-0.2, -0.15) is 0 Å². The van der Waals surface area contributed by atoms with Crippen LogP contribution in [0.4, 0.5) is 5.69 Å². The maximum atomic E-state index is 3.59. The normalized spacial score (nSPS) is 12.7. The number of hydrogen-bond acceptors (Lipinski definition) is 2. The fourth-order valence-electron chi connectivity index (χ4n) is 1.95. The highest BCUT2D eigenvalue weighted by Crippen LogP contribution is 2.18. The second-order valence-electron chi connectivity index (χ2n) is 5.01. The van der Waals surface area contributed by atoms with Crippen LogP contribution in [0.3, 0.4) is 0 Å². The summed E-state index contributed by atoms with van der Waals surface area (Å²) in [5.41, 5.74) is 2.70. The molecule has 102 valence electrons. The minimum Gasteiger partial charge on any atom is -0.385 e. The van der Waals surface area contributed by atoms with Crippen molar-refractivity contribution in [3.8, 4) is 0 Å². The van der Waals surface area contributed by atoms with Gasteiger partial charge < -0.3 is 5.32 Å². The zero-order valence-corrected chi connectivity index (χ0v) is 12.4. The second-order valence-corrected chi connectivity index (χ2v) is 5.01. The van der Waals surface area contributed by atoms with E-state index in [9.17, 15) is 0 Å². The molecule has 0 aliphatic carbocycles. The van der Waals surface area contributed by atoms with Gasteiger partial charge in [-0.1, -0.05) is 52.3 Å². The Morgan fingerprint density at radius 2 is 1.78 bits per heavy atom. The van der Waals surface area contributed by atoms with Crippen LogP contribution in [0.15, 0.2) is 24.3 Å². The molecule has 0 saturated carbocycles. The molecule has 1 unspecified atom stereocenters. The molecule has 1 rings (SSSR count). The number of nitrogens with one attached hydrogen (secondary N) is 1. The predicted octanol–water partition coefficient (Wildman–Crippen LogP) is 3.99. The van der Waals surface area contributed by atoms with Crippen LogP contribution in [0.5, 0.6) is 0 Å². The monoisotopic (exact) mass is 248 g/mol. The Bertz CT molecular complexity index is 332. The van der Waals surface area contributed by atoms with Crippen molar-refractivity contribution in [2.45, 2.75) is 40.7 Å². The van der Waals surface area contributed by atoms with Gasteiger partial charge in [0.2, 0.25) is 0 Å². The smallest absolute Gasteiger partial charge is 0.0385 e. The Hall–Kier alpha value is -1.02. The lowest BCUT2D eigenvalue weighted by Crippen LogP contribution is -2.23. The molecular formula is C16H28N2. The van der Waals surface area contributed by atoms with Crippen LogP contribution in [0.1, 0.15) is 39.7 Å². The molecule has 1 atom stereocenters. The first kappa shape index (κ1) is 15.0. The van der Waals surface area contributed by atoms with Gasteiger partial charge in [-0.3, -0.25) is 4.90 Å². The number of para-hydroxylation sites is 1. The van der Waals surface area contributed by atoms with E-state index in [1.807, 2.05) is 0 Å². The molecule has 2 heteroatoms. The van der Waals surface area contributed by atoms with E-state index < -0.39 is 0 Å². The number of benzene rings is 1. The zero-order valence-electron chi connectivity index (χ0n) is 12.4. The van der Waals surface area contributed by atoms with E-state index in [4.69, 9.17) is 0 Å². The minimum atomic E-state index is 0.728. The molecule has 0 bridgehead atoms. The maximum absolute atomic E-state index is 3.59. The zero-order chi connectivity index (χ0) is 13.4. The summed E-state index contributed by atoms with van der Waals surface area (Å²) < 4.78 is 0. The van der Waals surface area contributed by atoms with Crippen LogP contribution in [0.2, 0.25) is 0 Å². The summed E-state index contributed by atoms with van der Waals surface area (Å²) in [6, 6.07) is 8.68. The molecule has 0 heterocycles. The first-order chi connectivity index (χ1) is 8.71. The van der Waals surface area contributed by atoms with Gasteiger partial charge in [-0.15, -0.1) is 0 Å². The van der Waals surface area contributed by atoms with E-state index in [1.54, 1.807) is 0 Å². The fourth-order valence-corrected chi connectivity index (χ4v) is 1.95. The quantitative estimate of drug-likeness (QED) is 0.748. The van der Waals surface area contributed by atoms with Gasteiger partial charge in [-0.05, 0) is 30.6 Å². The van der Waals surface area contributed by atoms with Crippen LogP contribution < -0.4 is 5.32 Å². The van der Waals surface area contributed by atoms with Crippen molar-refractivity contribution in [2.75, 3.05) is 25.0 Å². The molecular weight excluding hydrogens is 220 g/mol. The van der Waals surface area contributed by atoms with E-state index in [2.05, 4.69) is 62.2 Å². The molecule has 0 spiro atoms. The van der Waals surface area contributed by atoms with Gasteiger partial charge in [-0.25, -0.2) is 0 Å². The summed E-state index contributed by atoms with van der Waals surface area (Å²) >= 11 is 0. The minimum absolute atomic E-state index is 0.728. The molecule has 0 fully saturated rings. The average Bonchev–Trinajstić information content (AvgIpc) is 2.43. The van der Waals surface area contributed by atoms with Crippen LogP contribution in [-0.2, 0) is 6.54 Å². The summed E-state index contributed by atoms with van der Waals surface area (Å²) in [5, 5.41) is 3.59. The van der Waals surface area contributed by atoms with Crippen molar-refractivity contribution in [2.24, 2.45) is 5.92 Å². The Morgan fingerprint density at radius 1 is 1.11 bits per heavy atom. The molecule has 2 nitrogen and oxygen atoms in total. The Kier molecular flexibility index (Phi) is 6.81. The third kappa shape index (κ3) is 4.69. The lowest BCUT2D eigenvalue weighted by molar-refractivity contribution is 0.296. The highest BCUT2D eigenvalue weighted by Gasteiger charge is 2.06. The highest BCUT2D eigenvalue weighted by molar-refractivity contribution is 5.51. The summed E-state index contributed by atoms with van der Waals surface area (Å²) in [5.74, 6) is 0.728. The molecule has 0 radical (unpaired) electrons. The molecule has 0 amide bonds. The van der Waals surface area contributed by atoms with E-state index >= 15 is 0 Å². The van der Waals surface area contributed by atoms with Gasteiger partial charge >= 0.3 is 0 Å². The van der Waals surface area contributed by atoms with Crippen LogP contribution in [0, 0.1) is 5.92 Å². The molecule has 0 aliphatic rings. The summed E-state index contributed by atoms with van der Waals surface area (Å²) in [6.07, 6.45) is 1.23. The van der Waals surface area contributed by atoms with Gasteiger partial charge in [0.05, 0.1) is 0 Å². The van der Waals surface area contributed by atoms with Gasteiger partial charge in [0.15, 0.2) is 0 Å². The van der Waals surface area contributed by atoms with Crippen molar-refractivity contribution in [1.29, 1.82) is 0 Å². The molecule has 0 saturated heterocycles. The van der Waals surface area contributed by atoms with E-state index in [1.165, 1.54) is 17.7 Å². The van der Waals surface area contributed by atoms with Crippen molar-refractivity contribution >= 4 is 5.69 Å². The molecule has 0 aliphatic heterocycles. The third-order valence-corrected chi connectivity index (χ3v) is 3.64. The SMILES string of the molecule is CCC(C)CNc1ccccc1CN(CC)CC. The van der Waals surface area contributed by atoms with Crippen LogP contribution in [0.25, 0.3) is 0 Å². The molecule has 0 aromatic heterocycles. The lowest BCUT2D eigenvalue weighted by atomic mass is 10.1. The summed E-state index contributed by atoms with van der Waals surface area (Å²) in [4.78, 5) is 2.45. The molecule has 1 N–H and O–H groups in total. The number of hydrogen-bond donors (Lipinski definition) is 1. The first-order valence-corrected chi connectivity index (χ1v) is 7.25. The van der Waals surface area contributed by atoms with E-state index in [0.29, 0.717) is 0 Å². The Balaban J connectivity index is 2.66. The van der Waals surface area contributed by atoms with Crippen molar-refractivity contribution in [3.05, 3.63) is 29.8 Å². The average molecular weight is 248 g/mol. The number of rotatable bonds is 8. The van der Waals surface area contributed by atoms with Crippen LogP contribution in [-0.4, -0.2) is 24.5 Å². The number of anilines is 1. The highest BCUT2D eigenvalue weighted by atomic mass is 15.1. The maximum Gasteiger partial charge on any atom is 0.0385 e. The van der Waals surface area contributed by atoms with Gasteiger partial charge in [0.25, 0.3) is 0 Å². The van der Waals surface area contributed by atoms with E-state index in [-0.39, 0.29) is 0 Å². The van der Waals surface area contributed by atoms with E-state index in [0.717, 1.165) is 32.1 Å². The fraction of sp³-hybridized carbons (Fsp3) is 0.625. The van der Waals surface area contributed by atoms with Gasteiger partial charge in [0.1, 0.15) is 0 Å². The standard InChI is InChI=1S/C16H28N2/c1-5-14(4)12-17-16-11-9-8-10-15(16)13-18(6-2)7-3/h8-11,14,17H,5-7,12-13H2,1-4H3.